The van der Waals surface area contributed by atoms with Crippen molar-refractivity contribution in [1.82, 2.24) is 19.7 Å². The summed E-state index contributed by atoms with van der Waals surface area (Å²) in [5.74, 6) is 1.04. The fraction of sp³-hybridized carbons (Fsp3) is 0.393. The first-order valence-electron chi connectivity index (χ1n) is 12.4. The molecule has 8 heteroatoms. The van der Waals surface area contributed by atoms with E-state index in [4.69, 9.17) is 35.9 Å². The van der Waals surface area contributed by atoms with Crippen LogP contribution in [0.2, 0.25) is 5.15 Å². The van der Waals surface area contributed by atoms with E-state index in [0.717, 1.165) is 52.9 Å². The molecule has 1 atom stereocenters. The van der Waals surface area contributed by atoms with E-state index in [9.17, 15) is 0 Å². The molecule has 0 radical (unpaired) electrons. The van der Waals surface area contributed by atoms with Gasteiger partial charge in [-0.15, -0.1) is 0 Å². The molecule has 0 amide bonds. The van der Waals surface area contributed by atoms with Crippen molar-refractivity contribution in [3.63, 3.8) is 0 Å². The zero-order chi connectivity index (χ0) is 24.7. The van der Waals surface area contributed by atoms with Crippen LogP contribution in [0.15, 0.2) is 54.7 Å². The van der Waals surface area contributed by atoms with Gasteiger partial charge in [-0.05, 0) is 43.0 Å². The van der Waals surface area contributed by atoms with E-state index in [-0.39, 0.29) is 6.10 Å². The largest absolute Gasteiger partial charge is 0.378 e. The molecule has 7 nitrogen and oxygen atoms in total. The molecule has 0 N–H and O–H groups in total. The number of pyridine rings is 2. The number of halogens is 1. The van der Waals surface area contributed by atoms with Crippen LogP contribution < -0.4 is 0 Å². The standard InChI is InChI=1S/C28H29ClN4O3/c1-18-10-24(28(34-2)8-9-35-17-28)31-26(11-18)33-23-14-25(29)30-15-22(23)27(32-33)20-12-21(13-20)36-16-19-6-4-3-5-7-19/h3-7,10-11,14-15,20-21H,8-9,12-13,16-17H2,1-2H3/t20?,21?,28-/m0/s1. The van der Waals surface area contributed by atoms with Crippen LogP contribution in [0.4, 0.5) is 0 Å². The van der Waals surface area contributed by atoms with Crippen molar-refractivity contribution in [2.24, 2.45) is 0 Å². The molecule has 4 aromatic rings. The minimum atomic E-state index is -0.539. The Bertz CT molecular complexity index is 1380. The lowest BCUT2D eigenvalue weighted by Gasteiger charge is -2.34. The van der Waals surface area contributed by atoms with Crippen LogP contribution in [0.25, 0.3) is 16.7 Å². The third-order valence-corrected chi connectivity index (χ3v) is 7.59. The van der Waals surface area contributed by atoms with Crippen molar-refractivity contribution in [2.45, 2.75) is 50.4 Å². The normalized spacial score (nSPS) is 23.8. The number of nitrogens with zero attached hydrogens (tertiary/aromatic N) is 4. The highest BCUT2D eigenvalue weighted by atomic mass is 35.5. The van der Waals surface area contributed by atoms with Crippen molar-refractivity contribution in [2.75, 3.05) is 20.3 Å². The minimum Gasteiger partial charge on any atom is -0.378 e. The Morgan fingerprint density at radius 2 is 2.00 bits per heavy atom. The Labute approximate surface area is 215 Å². The number of hydrogen-bond donors (Lipinski definition) is 0. The molecule has 4 heterocycles. The highest BCUT2D eigenvalue weighted by Gasteiger charge is 2.39. The lowest BCUT2D eigenvalue weighted by molar-refractivity contribution is -0.0246. The van der Waals surface area contributed by atoms with E-state index in [0.29, 0.717) is 30.9 Å². The summed E-state index contributed by atoms with van der Waals surface area (Å²) in [6.45, 7) is 3.85. The second-order valence-electron chi connectivity index (χ2n) is 9.80. The van der Waals surface area contributed by atoms with Gasteiger partial charge in [-0.1, -0.05) is 41.9 Å². The number of benzene rings is 1. The summed E-state index contributed by atoms with van der Waals surface area (Å²) in [5.41, 5.74) is 4.52. The van der Waals surface area contributed by atoms with Crippen molar-refractivity contribution >= 4 is 22.5 Å². The average Bonchev–Trinajstić information content (AvgIpc) is 3.49. The molecule has 186 valence electrons. The van der Waals surface area contributed by atoms with Gasteiger partial charge in [0.05, 0.1) is 36.2 Å². The van der Waals surface area contributed by atoms with Crippen LogP contribution in [0.3, 0.4) is 0 Å². The average molecular weight is 505 g/mol. The Balaban J connectivity index is 1.30. The maximum atomic E-state index is 6.32. The molecule has 0 bridgehead atoms. The highest BCUT2D eigenvalue weighted by molar-refractivity contribution is 6.30. The zero-order valence-corrected chi connectivity index (χ0v) is 21.2. The summed E-state index contributed by atoms with van der Waals surface area (Å²) >= 11 is 6.32. The molecule has 1 aliphatic carbocycles. The molecule has 3 aromatic heterocycles. The van der Waals surface area contributed by atoms with Gasteiger partial charge >= 0.3 is 0 Å². The fourth-order valence-electron chi connectivity index (χ4n) is 5.20. The van der Waals surface area contributed by atoms with Crippen molar-refractivity contribution in [3.8, 4) is 5.82 Å². The van der Waals surface area contributed by atoms with E-state index in [1.807, 2.05) is 41.2 Å². The predicted molar refractivity (Wildman–Crippen MR) is 138 cm³/mol. The van der Waals surface area contributed by atoms with Gasteiger partial charge in [0.25, 0.3) is 0 Å². The molecule has 0 spiro atoms. The molecule has 2 fully saturated rings. The third kappa shape index (κ3) is 4.30. The highest BCUT2D eigenvalue weighted by Crippen LogP contribution is 2.42. The van der Waals surface area contributed by atoms with Gasteiger partial charge in [0.1, 0.15) is 10.8 Å². The van der Waals surface area contributed by atoms with E-state index in [2.05, 4.69) is 30.1 Å². The molecule has 36 heavy (non-hydrogen) atoms. The molecule has 1 aromatic carbocycles. The van der Waals surface area contributed by atoms with Crippen LogP contribution >= 0.6 is 11.6 Å². The smallest absolute Gasteiger partial charge is 0.154 e. The summed E-state index contributed by atoms with van der Waals surface area (Å²) in [6, 6.07) is 16.3. The molecule has 1 saturated carbocycles. The minimum absolute atomic E-state index is 0.225. The first-order valence-corrected chi connectivity index (χ1v) is 12.7. The number of aryl methyl sites for hydroxylation is 1. The quantitative estimate of drug-likeness (QED) is 0.309. The molecular weight excluding hydrogens is 476 g/mol. The van der Waals surface area contributed by atoms with Gasteiger partial charge < -0.3 is 14.2 Å². The predicted octanol–water partition coefficient (Wildman–Crippen LogP) is 5.50. The number of hydrogen-bond acceptors (Lipinski definition) is 6. The third-order valence-electron chi connectivity index (χ3n) is 7.39. The van der Waals surface area contributed by atoms with Crippen LogP contribution in [0, 0.1) is 6.92 Å². The van der Waals surface area contributed by atoms with Gasteiger partial charge in [-0.3, -0.25) is 0 Å². The number of methoxy groups -OCH3 is 1. The molecule has 1 saturated heterocycles. The lowest BCUT2D eigenvalue weighted by atomic mass is 9.79. The maximum Gasteiger partial charge on any atom is 0.154 e. The number of ether oxygens (including phenoxy) is 3. The first kappa shape index (κ1) is 23.6. The van der Waals surface area contributed by atoms with Crippen LogP contribution in [0.1, 0.15) is 47.7 Å². The van der Waals surface area contributed by atoms with Crippen LogP contribution in [-0.2, 0) is 26.4 Å². The first-order chi connectivity index (χ1) is 17.5. The monoisotopic (exact) mass is 504 g/mol. The van der Waals surface area contributed by atoms with Crippen molar-refractivity contribution < 1.29 is 14.2 Å². The molecule has 2 aliphatic rings. The van der Waals surface area contributed by atoms with Gasteiger partial charge in [-0.25, -0.2) is 14.6 Å². The van der Waals surface area contributed by atoms with E-state index < -0.39 is 5.60 Å². The SMILES string of the molecule is CO[C@@]1(c2cc(C)cc(-n3nc(C4CC(OCc5ccccc5)C4)c4cnc(Cl)cc43)n2)CCOC1. The summed E-state index contributed by atoms with van der Waals surface area (Å²) in [6.07, 6.45) is 4.68. The number of aromatic nitrogens is 4. The van der Waals surface area contributed by atoms with Crippen LogP contribution in [-0.4, -0.2) is 46.2 Å². The lowest BCUT2D eigenvalue weighted by Crippen LogP contribution is -2.30. The van der Waals surface area contributed by atoms with Crippen molar-refractivity contribution in [3.05, 3.63) is 82.4 Å². The van der Waals surface area contributed by atoms with Gasteiger partial charge in [0.2, 0.25) is 0 Å². The van der Waals surface area contributed by atoms with Crippen molar-refractivity contribution in [1.29, 1.82) is 0 Å². The maximum absolute atomic E-state index is 6.32. The number of fused-ring (bicyclic) bond motifs is 1. The Morgan fingerprint density at radius 3 is 2.75 bits per heavy atom. The van der Waals surface area contributed by atoms with Gasteiger partial charge in [-0.2, -0.15) is 5.10 Å². The fourth-order valence-corrected chi connectivity index (χ4v) is 5.35. The van der Waals surface area contributed by atoms with E-state index in [1.54, 1.807) is 7.11 Å². The van der Waals surface area contributed by atoms with Gasteiger partial charge in [0, 0.05) is 43.7 Å². The molecular formula is C28H29ClN4O3. The van der Waals surface area contributed by atoms with Crippen LogP contribution in [0.5, 0.6) is 0 Å². The molecule has 1 aliphatic heterocycles. The zero-order valence-electron chi connectivity index (χ0n) is 20.5. The summed E-state index contributed by atoms with van der Waals surface area (Å²) in [7, 11) is 1.72. The topological polar surface area (TPSA) is 71.3 Å². The number of rotatable bonds is 7. The Hall–Kier alpha value is -2.84. The Morgan fingerprint density at radius 1 is 1.17 bits per heavy atom. The molecule has 6 rings (SSSR count). The summed E-state index contributed by atoms with van der Waals surface area (Å²) in [4.78, 5) is 9.37. The Kier molecular flexibility index (Phi) is 6.25. The second kappa shape index (κ2) is 9.56. The molecule has 0 unspecified atom stereocenters. The van der Waals surface area contributed by atoms with E-state index in [1.165, 1.54) is 5.56 Å². The second-order valence-corrected chi connectivity index (χ2v) is 10.2. The van der Waals surface area contributed by atoms with E-state index >= 15 is 0 Å². The summed E-state index contributed by atoms with van der Waals surface area (Å²) < 4.78 is 19.6. The summed E-state index contributed by atoms with van der Waals surface area (Å²) in [5, 5.41) is 6.49. The van der Waals surface area contributed by atoms with Gasteiger partial charge in [0.15, 0.2) is 5.82 Å².